The van der Waals surface area contributed by atoms with E-state index in [-0.39, 0.29) is 11.7 Å². The molecule has 1 aromatic heterocycles. The molecule has 0 fully saturated rings. The fourth-order valence-corrected chi connectivity index (χ4v) is 2.86. The number of hydrogen-bond donors (Lipinski definition) is 1. The van der Waals surface area contributed by atoms with Gasteiger partial charge in [0, 0.05) is 30.8 Å². The molecule has 0 radical (unpaired) electrons. The summed E-state index contributed by atoms with van der Waals surface area (Å²) < 4.78 is 13.8. The Morgan fingerprint density at radius 1 is 1.32 bits per heavy atom. The van der Waals surface area contributed by atoms with Crippen LogP contribution in [-0.4, -0.2) is 22.3 Å². The molecule has 1 aliphatic heterocycles. The zero-order valence-corrected chi connectivity index (χ0v) is 11.7. The molecule has 0 aliphatic carbocycles. The number of nitrogens with zero attached hydrogens (tertiary/aromatic N) is 1. The van der Waals surface area contributed by atoms with E-state index >= 15 is 0 Å². The monoisotopic (exact) mass is 322 g/mol. The highest BCUT2D eigenvalue weighted by molar-refractivity contribution is 9.10. The number of hydrogen-bond acceptors (Lipinski definition) is 1. The van der Waals surface area contributed by atoms with Gasteiger partial charge in [0.25, 0.3) is 5.91 Å². The Labute approximate surface area is 118 Å². The molecule has 0 unspecified atom stereocenters. The number of rotatable bonds is 1. The summed E-state index contributed by atoms with van der Waals surface area (Å²) in [6.07, 6.45) is 0.813. The van der Waals surface area contributed by atoms with Crippen LogP contribution in [0.5, 0.6) is 0 Å². The van der Waals surface area contributed by atoms with Crippen molar-refractivity contribution in [2.45, 2.75) is 13.0 Å². The summed E-state index contributed by atoms with van der Waals surface area (Å²) in [5.41, 5.74) is 2.84. The number of halogens is 2. The number of nitrogens with one attached hydrogen (secondary N) is 1. The minimum Gasteiger partial charge on any atom is -0.353 e. The summed E-state index contributed by atoms with van der Waals surface area (Å²) in [6.45, 7) is 1.27. The largest absolute Gasteiger partial charge is 0.353 e. The van der Waals surface area contributed by atoms with Crippen molar-refractivity contribution < 1.29 is 9.18 Å². The molecule has 98 valence electrons. The number of carbonyl (C=O) groups excluding carboxylic acids is 1. The van der Waals surface area contributed by atoms with Gasteiger partial charge in [-0.05, 0) is 51.8 Å². The van der Waals surface area contributed by atoms with Gasteiger partial charge in [0.2, 0.25) is 0 Å². The summed E-state index contributed by atoms with van der Waals surface area (Å²) in [7, 11) is 0. The second kappa shape index (κ2) is 4.81. The first kappa shape index (κ1) is 12.4. The average molecular weight is 323 g/mol. The van der Waals surface area contributed by atoms with E-state index in [4.69, 9.17) is 0 Å². The van der Waals surface area contributed by atoms with Crippen molar-refractivity contribution in [1.82, 2.24) is 9.88 Å². The standard InChI is InChI=1S/C14H12BrFN2O/c15-13-7-10-8-18(6-5-12(10)17-13)14(19)9-1-3-11(16)4-2-9/h1-4,7,17H,5-6,8H2. The van der Waals surface area contributed by atoms with Gasteiger partial charge in [0.05, 0.1) is 4.60 Å². The number of aromatic amines is 1. The third-order valence-corrected chi connectivity index (χ3v) is 3.76. The van der Waals surface area contributed by atoms with Crippen molar-refractivity contribution in [1.29, 1.82) is 0 Å². The summed E-state index contributed by atoms with van der Waals surface area (Å²) in [6, 6.07) is 7.69. The van der Waals surface area contributed by atoms with Crippen LogP contribution in [0.4, 0.5) is 4.39 Å². The molecule has 3 nitrogen and oxygen atoms in total. The van der Waals surface area contributed by atoms with Crippen LogP contribution in [0.15, 0.2) is 34.9 Å². The fourth-order valence-electron chi connectivity index (χ4n) is 2.34. The summed E-state index contributed by atoms with van der Waals surface area (Å²) in [5, 5.41) is 0. The average Bonchev–Trinajstić information content (AvgIpc) is 2.77. The Morgan fingerprint density at radius 2 is 2.05 bits per heavy atom. The van der Waals surface area contributed by atoms with E-state index in [1.165, 1.54) is 30.0 Å². The van der Waals surface area contributed by atoms with E-state index in [1.54, 1.807) is 4.90 Å². The molecule has 0 saturated heterocycles. The van der Waals surface area contributed by atoms with Crippen molar-refractivity contribution in [2.24, 2.45) is 0 Å². The number of carbonyl (C=O) groups is 1. The van der Waals surface area contributed by atoms with Gasteiger partial charge in [-0.25, -0.2) is 4.39 Å². The van der Waals surface area contributed by atoms with Crippen molar-refractivity contribution in [3.05, 3.63) is 57.6 Å². The van der Waals surface area contributed by atoms with Crippen LogP contribution >= 0.6 is 15.9 Å². The zero-order chi connectivity index (χ0) is 13.4. The summed E-state index contributed by atoms with van der Waals surface area (Å²) in [5.74, 6) is -0.380. The van der Waals surface area contributed by atoms with E-state index < -0.39 is 0 Å². The Morgan fingerprint density at radius 3 is 2.79 bits per heavy atom. The maximum absolute atomic E-state index is 12.9. The molecular weight excluding hydrogens is 311 g/mol. The molecular formula is C14H12BrFN2O. The minimum atomic E-state index is -0.327. The maximum Gasteiger partial charge on any atom is 0.254 e. The predicted octanol–water partition coefficient (Wildman–Crippen LogP) is 3.11. The highest BCUT2D eigenvalue weighted by Crippen LogP contribution is 2.23. The minimum absolute atomic E-state index is 0.0528. The highest BCUT2D eigenvalue weighted by atomic mass is 79.9. The number of H-pyrrole nitrogens is 1. The van der Waals surface area contributed by atoms with Gasteiger partial charge >= 0.3 is 0 Å². The zero-order valence-electron chi connectivity index (χ0n) is 10.1. The second-order valence-electron chi connectivity index (χ2n) is 4.60. The number of fused-ring (bicyclic) bond motifs is 1. The van der Waals surface area contributed by atoms with E-state index in [0.29, 0.717) is 18.7 Å². The molecule has 1 N–H and O–H groups in total. The van der Waals surface area contributed by atoms with Gasteiger partial charge in [-0.15, -0.1) is 0 Å². The fraction of sp³-hybridized carbons (Fsp3) is 0.214. The molecule has 2 heterocycles. The first-order valence-corrected chi connectivity index (χ1v) is 6.84. The normalized spacial score (nSPS) is 14.3. The smallest absolute Gasteiger partial charge is 0.254 e. The van der Waals surface area contributed by atoms with Crippen LogP contribution < -0.4 is 0 Å². The molecule has 1 aliphatic rings. The van der Waals surface area contributed by atoms with Crippen LogP contribution in [-0.2, 0) is 13.0 Å². The molecule has 0 bridgehead atoms. The topological polar surface area (TPSA) is 36.1 Å². The molecule has 0 saturated carbocycles. The molecule has 0 atom stereocenters. The van der Waals surface area contributed by atoms with Gasteiger partial charge in [-0.3, -0.25) is 4.79 Å². The lowest BCUT2D eigenvalue weighted by atomic mass is 10.1. The van der Waals surface area contributed by atoms with Gasteiger partial charge in [-0.1, -0.05) is 0 Å². The lowest BCUT2D eigenvalue weighted by Gasteiger charge is -2.27. The van der Waals surface area contributed by atoms with Crippen molar-refractivity contribution in [2.75, 3.05) is 6.54 Å². The van der Waals surface area contributed by atoms with Crippen LogP contribution in [0.25, 0.3) is 0 Å². The molecule has 1 amide bonds. The third kappa shape index (κ3) is 2.42. The number of benzene rings is 1. The van der Waals surface area contributed by atoms with Crippen molar-refractivity contribution in [3.63, 3.8) is 0 Å². The maximum atomic E-state index is 12.9. The first-order chi connectivity index (χ1) is 9.13. The van der Waals surface area contributed by atoms with Crippen molar-refractivity contribution in [3.8, 4) is 0 Å². The third-order valence-electron chi connectivity index (χ3n) is 3.33. The Hall–Kier alpha value is -1.62. The lowest BCUT2D eigenvalue weighted by molar-refractivity contribution is 0.0734. The quantitative estimate of drug-likeness (QED) is 0.860. The van der Waals surface area contributed by atoms with Crippen LogP contribution in [0.1, 0.15) is 21.6 Å². The van der Waals surface area contributed by atoms with E-state index in [9.17, 15) is 9.18 Å². The second-order valence-corrected chi connectivity index (χ2v) is 5.46. The molecule has 0 spiro atoms. The van der Waals surface area contributed by atoms with Crippen LogP contribution in [0.3, 0.4) is 0 Å². The molecule has 5 heteroatoms. The Bertz CT molecular complexity index is 621. The first-order valence-electron chi connectivity index (χ1n) is 6.04. The van der Waals surface area contributed by atoms with Crippen LogP contribution in [0.2, 0.25) is 0 Å². The Kier molecular flexibility index (Phi) is 3.14. The SMILES string of the molecule is O=C(c1ccc(F)cc1)N1CCc2[nH]c(Br)cc2C1. The molecule has 19 heavy (non-hydrogen) atoms. The summed E-state index contributed by atoms with van der Waals surface area (Å²) in [4.78, 5) is 17.3. The lowest BCUT2D eigenvalue weighted by Crippen LogP contribution is -2.35. The number of amides is 1. The Balaban J connectivity index is 1.81. The highest BCUT2D eigenvalue weighted by Gasteiger charge is 2.23. The van der Waals surface area contributed by atoms with Gasteiger partial charge < -0.3 is 9.88 Å². The number of aromatic nitrogens is 1. The summed E-state index contributed by atoms with van der Waals surface area (Å²) >= 11 is 3.40. The van der Waals surface area contributed by atoms with Gasteiger partial charge in [-0.2, -0.15) is 0 Å². The van der Waals surface area contributed by atoms with E-state index in [0.717, 1.165) is 16.6 Å². The van der Waals surface area contributed by atoms with Crippen molar-refractivity contribution >= 4 is 21.8 Å². The predicted molar refractivity (Wildman–Crippen MR) is 73.3 cm³/mol. The molecule has 1 aromatic carbocycles. The van der Waals surface area contributed by atoms with E-state index in [2.05, 4.69) is 20.9 Å². The van der Waals surface area contributed by atoms with Gasteiger partial charge in [0.1, 0.15) is 5.82 Å². The van der Waals surface area contributed by atoms with Gasteiger partial charge in [0.15, 0.2) is 0 Å². The molecule has 3 rings (SSSR count). The van der Waals surface area contributed by atoms with E-state index in [1.807, 2.05) is 6.07 Å². The molecule has 2 aromatic rings. The van der Waals surface area contributed by atoms with Crippen LogP contribution in [0, 0.1) is 5.82 Å².